The SMILES string of the molecule is Cc1ccc(C(=O)NCc2ccc(C#N)cc2)cc1. The summed E-state index contributed by atoms with van der Waals surface area (Å²) in [6, 6.07) is 16.7. The minimum atomic E-state index is -0.0932. The zero-order valence-corrected chi connectivity index (χ0v) is 10.7. The van der Waals surface area contributed by atoms with Crippen molar-refractivity contribution in [2.75, 3.05) is 0 Å². The fraction of sp³-hybridized carbons (Fsp3) is 0.125. The Bertz CT molecular complexity index is 607. The Balaban J connectivity index is 1.96. The molecule has 2 aromatic carbocycles. The second-order valence-corrected chi connectivity index (χ2v) is 4.36. The van der Waals surface area contributed by atoms with Gasteiger partial charge in [0.05, 0.1) is 11.6 Å². The number of aryl methyl sites for hydroxylation is 1. The number of benzene rings is 2. The lowest BCUT2D eigenvalue weighted by molar-refractivity contribution is 0.0951. The number of nitriles is 1. The van der Waals surface area contributed by atoms with Gasteiger partial charge >= 0.3 is 0 Å². The maximum absolute atomic E-state index is 11.9. The van der Waals surface area contributed by atoms with Gasteiger partial charge in [0.25, 0.3) is 5.91 Å². The monoisotopic (exact) mass is 250 g/mol. The van der Waals surface area contributed by atoms with Gasteiger partial charge in [0.2, 0.25) is 0 Å². The molecular weight excluding hydrogens is 236 g/mol. The van der Waals surface area contributed by atoms with Crippen LogP contribution in [0.25, 0.3) is 0 Å². The zero-order valence-electron chi connectivity index (χ0n) is 10.7. The molecule has 0 aliphatic carbocycles. The van der Waals surface area contributed by atoms with Crippen LogP contribution in [-0.2, 0) is 6.54 Å². The Morgan fingerprint density at radius 2 is 1.74 bits per heavy atom. The first-order valence-electron chi connectivity index (χ1n) is 6.03. The van der Waals surface area contributed by atoms with Crippen molar-refractivity contribution in [2.45, 2.75) is 13.5 Å². The predicted molar refractivity (Wildman–Crippen MR) is 73.5 cm³/mol. The molecule has 3 nitrogen and oxygen atoms in total. The van der Waals surface area contributed by atoms with Crippen molar-refractivity contribution < 1.29 is 4.79 Å². The number of nitrogens with zero attached hydrogens (tertiary/aromatic N) is 1. The first-order valence-corrected chi connectivity index (χ1v) is 6.03. The van der Waals surface area contributed by atoms with Gasteiger partial charge in [-0.15, -0.1) is 0 Å². The summed E-state index contributed by atoms with van der Waals surface area (Å²) in [4.78, 5) is 11.9. The molecule has 94 valence electrons. The van der Waals surface area contributed by atoms with Crippen molar-refractivity contribution in [2.24, 2.45) is 0 Å². The van der Waals surface area contributed by atoms with E-state index in [0.717, 1.165) is 11.1 Å². The molecule has 2 rings (SSSR count). The van der Waals surface area contributed by atoms with Crippen LogP contribution in [0, 0.1) is 18.3 Å². The summed E-state index contributed by atoms with van der Waals surface area (Å²) in [7, 11) is 0. The highest BCUT2D eigenvalue weighted by Gasteiger charge is 2.04. The number of nitrogens with one attached hydrogen (secondary N) is 1. The minimum Gasteiger partial charge on any atom is -0.348 e. The second-order valence-electron chi connectivity index (χ2n) is 4.36. The average molecular weight is 250 g/mol. The number of hydrogen-bond acceptors (Lipinski definition) is 2. The molecule has 0 radical (unpaired) electrons. The maximum atomic E-state index is 11.9. The normalized spacial score (nSPS) is 9.68. The molecule has 0 aliphatic heterocycles. The number of carbonyl (C=O) groups excluding carboxylic acids is 1. The summed E-state index contributed by atoms with van der Waals surface area (Å²) >= 11 is 0. The van der Waals surface area contributed by atoms with Gasteiger partial charge in [-0.2, -0.15) is 5.26 Å². The van der Waals surface area contributed by atoms with Gasteiger partial charge in [0.1, 0.15) is 0 Å². The van der Waals surface area contributed by atoms with Crippen molar-refractivity contribution >= 4 is 5.91 Å². The molecule has 0 unspecified atom stereocenters. The standard InChI is InChI=1S/C16H14N2O/c1-12-2-8-15(9-3-12)16(19)18-11-14-6-4-13(10-17)5-7-14/h2-9H,11H2,1H3,(H,18,19). The number of rotatable bonds is 3. The lowest BCUT2D eigenvalue weighted by Gasteiger charge is -2.05. The molecule has 0 saturated heterocycles. The molecule has 1 N–H and O–H groups in total. The van der Waals surface area contributed by atoms with Gasteiger partial charge in [-0.3, -0.25) is 4.79 Å². The van der Waals surface area contributed by atoms with E-state index in [4.69, 9.17) is 5.26 Å². The molecule has 0 spiro atoms. The van der Waals surface area contributed by atoms with E-state index in [1.54, 1.807) is 12.1 Å². The van der Waals surface area contributed by atoms with Gasteiger partial charge in [-0.25, -0.2) is 0 Å². The highest BCUT2D eigenvalue weighted by Crippen LogP contribution is 2.05. The van der Waals surface area contributed by atoms with E-state index in [9.17, 15) is 4.79 Å². The quantitative estimate of drug-likeness (QED) is 0.910. The molecule has 19 heavy (non-hydrogen) atoms. The largest absolute Gasteiger partial charge is 0.348 e. The van der Waals surface area contributed by atoms with E-state index in [0.29, 0.717) is 17.7 Å². The summed E-state index contributed by atoms with van der Waals surface area (Å²) in [5.74, 6) is -0.0932. The van der Waals surface area contributed by atoms with Gasteiger partial charge < -0.3 is 5.32 Å². The van der Waals surface area contributed by atoms with Crippen molar-refractivity contribution in [3.8, 4) is 6.07 Å². The summed E-state index contributed by atoms with van der Waals surface area (Å²) in [6.45, 7) is 2.44. The van der Waals surface area contributed by atoms with Gasteiger partial charge in [-0.1, -0.05) is 29.8 Å². The minimum absolute atomic E-state index is 0.0932. The second kappa shape index (κ2) is 5.83. The van der Waals surface area contributed by atoms with Crippen LogP contribution in [0.4, 0.5) is 0 Å². The number of amides is 1. The van der Waals surface area contributed by atoms with Crippen LogP contribution in [-0.4, -0.2) is 5.91 Å². The Hall–Kier alpha value is -2.60. The topological polar surface area (TPSA) is 52.9 Å². The van der Waals surface area contributed by atoms with E-state index in [-0.39, 0.29) is 5.91 Å². The summed E-state index contributed by atoms with van der Waals surface area (Å²) in [6.07, 6.45) is 0. The van der Waals surface area contributed by atoms with Crippen molar-refractivity contribution in [3.05, 3.63) is 70.8 Å². The predicted octanol–water partition coefficient (Wildman–Crippen LogP) is 2.80. The molecule has 0 heterocycles. The molecule has 0 bridgehead atoms. The lowest BCUT2D eigenvalue weighted by Crippen LogP contribution is -2.22. The third-order valence-electron chi connectivity index (χ3n) is 2.85. The Morgan fingerprint density at radius 1 is 1.11 bits per heavy atom. The fourth-order valence-electron chi connectivity index (χ4n) is 1.69. The highest BCUT2D eigenvalue weighted by atomic mass is 16.1. The Labute approximate surface area is 112 Å². The molecule has 0 aliphatic rings. The summed E-state index contributed by atoms with van der Waals surface area (Å²) in [5, 5.41) is 11.5. The van der Waals surface area contributed by atoms with Crippen LogP contribution in [0.5, 0.6) is 0 Å². The van der Waals surface area contributed by atoms with Crippen LogP contribution in [0.15, 0.2) is 48.5 Å². The Morgan fingerprint density at radius 3 is 2.32 bits per heavy atom. The van der Waals surface area contributed by atoms with Crippen molar-refractivity contribution in [1.82, 2.24) is 5.32 Å². The number of carbonyl (C=O) groups is 1. The summed E-state index contributed by atoms with van der Waals surface area (Å²) < 4.78 is 0. The van der Waals surface area contributed by atoms with Crippen LogP contribution in [0.2, 0.25) is 0 Å². The van der Waals surface area contributed by atoms with Crippen molar-refractivity contribution in [1.29, 1.82) is 5.26 Å². The summed E-state index contributed by atoms with van der Waals surface area (Å²) in [5.41, 5.74) is 3.37. The van der Waals surface area contributed by atoms with Crippen LogP contribution >= 0.6 is 0 Å². The lowest BCUT2D eigenvalue weighted by atomic mass is 10.1. The van der Waals surface area contributed by atoms with Gasteiger partial charge in [0, 0.05) is 12.1 Å². The van der Waals surface area contributed by atoms with E-state index >= 15 is 0 Å². The molecule has 1 amide bonds. The molecule has 2 aromatic rings. The van der Waals surface area contributed by atoms with E-state index < -0.39 is 0 Å². The van der Waals surface area contributed by atoms with Crippen LogP contribution in [0.3, 0.4) is 0 Å². The third-order valence-corrected chi connectivity index (χ3v) is 2.85. The van der Waals surface area contributed by atoms with E-state index in [1.807, 2.05) is 43.3 Å². The maximum Gasteiger partial charge on any atom is 0.251 e. The zero-order chi connectivity index (χ0) is 13.7. The highest BCUT2D eigenvalue weighted by molar-refractivity contribution is 5.94. The van der Waals surface area contributed by atoms with Crippen molar-refractivity contribution in [3.63, 3.8) is 0 Å². The molecule has 0 fully saturated rings. The first kappa shape index (κ1) is 12.8. The fourth-order valence-corrected chi connectivity index (χ4v) is 1.69. The van der Waals surface area contributed by atoms with Gasteiger partial charge in [-0.05, 0) is 36.8 Å². The van der Waals surface area contributed by atoms with Crippen LogP contribution < -0.4 is 5.32 Å². The average Bonchev–Trinajstić information content (AvgIpc) is 2.46. The van der Waals surface area contributed by atoms with E-state index in [1.165, 1.54) is 0 Å². The molecular formula is C16H14N2O. The molecule has 3 heteroatoms. The third kappa shape index (κ3) is 3.43. The van der Waals surface area contributed by atoms with Gasteiger partial charge in [0.15, 0.2) is 0 Å². The first-order chi connectivity index (χ1) is 9.19. The smallest absolute Gasteiger partial charge is 0.251 e. The molecule has 0 aromatic heterocycles. The van der Waals surface area contributed by atoms with E-state index in [2.05, 4.69) is 11.4 Å². The Kier molecular flexibility index (Phi) is 3.94. The van der Waals surface area contributed by atoms with Crippen LogP contribution in [0.1, 0.15) is 27.0 Å². The molecule has 0 saturated carbocycles. The molecule has 0 atom stereocenters. The number of hydrogen-bond donors (Lipinski definition) is 1.